The molecule has 0 aliphatic heterocycles. The van der Waals surface area contributed by atoms with Crippen LogP contribution in [0.1, 0.15) is 46.4 Å². The Morgan fingerprint density at radius 2 is 2.00 bits per heavy atom. The van der Waals surface area contributed by atoms with Gasteiger partial charge in [0.2, 0.25) is 5.88 Å². The number of anilines is 1. The van der Waals surface area contributed by atoms with Crippen molar-refractivity contribution in [3.8, 4) is 5.88 Å². The average Bonchev–Trinajstić information content (AvgIpc) is 2.99. The lowest BCUT2D eigenvalue weighted by atomic mass is 10.2. The van der Waals surface area contributed by atoms with E-state index in [1.54, 1.807) is 25.1 Å². The second-order valence-electron chi connectivity index (χ2n) is 4.80. The summed E-state index contributed by atoms with van der Waals surface area (Å²) < 4.78 is 10.4. The third-order valence-electron chi connectivity index (χ3n) is 3.14. The van der Waals surface area contributed by atoms with Crippen molar-refractivity contribution < 1.29 is 19.1 Å². The van der Waals surface area contributed by atoms with Crippen molar-refractivity contribution in [1.29, 1.82) is 0 Å². The number of rotatable bonds is 7. The van der Waals surface area contributed by atoms with Crippen LogP contribution in [0.2, 0.25) is 0 Å². The summed E-state index contributed by atoms with van der Waals surface area (Å²) >= 11 is 1.37. The van der Waals surface area contributed by atoms with E-state index in [0.717, 1.165) is 11.3 Å². The van der Waals surface area contributed by atoms with Crippen LogP contribution in [0.5, 0.6) is 5.88 Å². The summed E-state index contributed by atoms with van der Waals surface area (Å²) in [7, 11) is 0. The van der Waals surface area contributed by atoms with Crippen LogP contribution in [-0.2, 0) is 11.2 Å². The normalized spacial score (nSPS) is 10.3. The maximum absolute atomic E-state index is 12.5. The number of carbonyl (C=O) groups excluding carboxylic acids is 2. The Bertz CT molecular complexity index is 727. The number of esters is 1. The predicted octanol–water partition coefficient (Wildman–Crippen LogP) is 3.53. The molecule has 2 rings (SSSR count). The summed E-state index contributed by atoms with van der Waals surface area (Å²) in [6.45, 7) is 6.33. The number of carbonyl (C=O) groups is 2. The zero-order valence-electron chi connectivity index (χ0n) is 13.9. The van der Waals surface area contributed by atoms with E-state index in [-0.39, 0.29) is 12.5 Å². The molecule has 0 atom stereocenters. The van der Waals surface area contributed by atoms with Crippen molar-refractivity contribution in [3.63, 3.8) is 0 Å². The van der Waals surface area contributed by atoms with Gasteiger partial charge in [-0.25, -0.2) is 9.78 Å². The van der Waals surface area contributed by atoms with Crippen LogP contribution in [0.3, 0.4) is 0 Å². The van der Waals surface area contributed by atoms with Crippen LogP contribution in [0.25, 0.3) is 0 Å². The molecule has 0 radical (unpaired) electrons. The van der Waals surface area contributed by atoms with Gasteiger partial charge in [0, 0.05) is 22.7 Å². The highest BCUT2D eigenvalue weighted by molar-refractivity contribution is 7.16. The van der Waals surface area contributed by atoms with Crippen LogP contribution >= 0.6 is 11.3 Å². The number of aromatic nitrogens is 1. The minimum Gasteiger partial charge on any atom is -0.478 e. The van der Waals surface area contributed by atoms with E-state index in [2.05, 4.69) is 10.3 Å². The Morgan fingerprint density at radius 1 is 1.21 bits per heavy atom. The largest absolute Gasteiger partial charge is 0.478 e. The highest BCUT2D eigenvalue weighted by atomic mass is 32.1. The summed E-state index contributed by atoms with van der Waals surface area (Å²) in [6, 6.07) is 4.92. The number of amides is 1. The molecule has 0 saturated carbocycles. The molecule has 0 bridgehead atoms. The lowest BCUT2D eigenvalue weighted by molar-refractivity contribution is 0.0528. The lowest BCUT2D eigenvalue weighted by Crippen LogP contribution is -2.14. The van der Waals surface area contributed by atoms with Crippen molar-refractivity contribution in [3.05, 3.63) is 40.4 Å². The van der Waals surface area contributed by atoms with Gasteiger partial charge in [-0.1, -0.05) is 6.92 Å². The van der Waals surface area contributed by atoms with E-state index in [1.807, 2.05) is 13.8 Å². The van der Waals surface area contributed by atoms with E-state index >= 15 is 0 Å². The van der Waals surface area contributed by atoms with Crippen LogP contribution < -0.4 is 10.1 Å². The van der Waals surface area contributed by atoms with Gasteiger partial charge < -0.3 is 14.8 Å². The minimum absolute atomic E-state index is 0.283. The van der Waals surface area contributed by atoms with Crippen LogP contribution in [0.4, 0.5) is 5.00 Å². The number of aryl methyl sites for hydroxylation is 1. The van der Waals surface area contributed by atoms with Crippen molar-refractivity contribution in [2.75, 3.05) is 18.5 Å². The second-order valence-corrected chi connectivity index (χ2v) is 5.94. The SMILES string of the molecule is CCOC(=O)c1cc(CC)sc1NC(=O)c1ccnc(OCC)c1. The molecule has 128 valence electrons. The predicted molar refractivity (Wildman–Crippen MR) is 93.0 cm³/mol. The summed E-state index contributed by atoms with van der Waals surface area (Å²) in [5, 5.41) is 3.28. The highest BCUT2D eigenvalue weighted by Gasteiger charge is 2.19. The maximum Gasteiger partial charge on any atom is 0.341 e. The number of hydrogen-bond donors (Lipinski definition) is 1. The van der Waals surface area contributed by atoms with Gasteiger partial charge in [0.25, 0.3) is 5.91 Å². The van der Waals surface area contributed by atoms with Gasteiger partial charge in [0.15, 0.2) is 0 Å². The molecule has 24 heavy (non-hydrogen) atoms. The Labute approximate surface area is 144 Å². The number of hydrogen-bond acceptors (Lipinski definition) is 6. The Morgan fingerprint density at radius 3 is 2.67 bits per heavy atom. The third kappa shape index (κ3) is 4.32. The topological polar surface area (TPSA) is 77.5 Å². The fraction of sp³-hybridized carbons (Fsp3) is 0.353. The van der Waals surface area contributed by atoms with Gasteiger partial charge in [-0.15, -0.1) is 11.3 Å². The summed E-state index contributed by atoms with van der Waals surface area (Å²) in [4.78, 5) is 29.5. The standard InChI is InChI=1S/C17H20N2O4S/c1-4-12-10-13(17(21)23-6-3)16(24-12)19-15(20)11-7-8-18-14(9-11)22-5-2/h7-10H,4-6H2,1-3H3,(H,19,20). The average molecular weight is 348 g/mol. The first-order valence-corrected chi connectivity index (χ1v) is 8.60. The Hall–Kier alpha value is -2.41. The molecular formula is C17H20N2O4S. The zero-order valence-corrected chi connectivity index (χ0v) is 14.7. The molecule has 1 N–H and O–H groups in total. The Balaban J connectivity index is 2.23. The van der Waals surface area contributed by atoms with Gasteiger partial charge in [0.05, 0.1) is 18.8 Å². The fourth-order valence-corrected chi connectivity index (χ4v) is 3.00. The summed E-state index contributed by atoms with van der Waals surface area (Å²) in [5.41, 5.74) is 0.792. The number of nitrogens with one attached hydrogen (secondary N) is 1. The van der Waals surface area contributed by atoms with E-state index < -0.39 is 5.97 Å². The van der Waals surface area contributed by atoms with Crippen LogP contribution in [0, 0.1) is 0 Å². The lowest BCUT2D eigenvalue weighted by Gasteiger charge is -2.07. The first-order chi connectivity index (χ1) is 11.6. The van der Waals surface area contributed by atoms with Gasteiger partial charge in [-0.3, -0.25) is 4.79 Å². The zero-order chi connectivity index (χ0) is 17.5. The first kappa shape index (κ1) is 17.9. The van der Waals surface area contributed by atoms with Gasteiger partial charge >= 0.3 is 5.97 Å². The van der Waals surface area contributed by atoms with Crippen molar-refractivity contribution in [1.82, 2.24) is 4.98 Å². The van der Waals surface area contributed by atoms with Crippen LogP contribution in [-0.4, -0.2) is 30.1 Å². The molecule has 0 spiro atoms. The third-order valence-corrected chi connectivity index (χ3v) is 4.34. The van der Waals surface area contributed by atoms with Crippen molar-refractivity contribution in [2.45, 2.75) is 27.2 Å². The number of ether oxygens (including phenoxy) is 2. The molecule has 0 aromatic carbocycles. The van der Waals surface area contributed by atoms with E-state index in [9.17, 15) is 9.59 Å². The molecular weight excluding hydrogens is 328 g/mol. The Kier molecular flexibility index (Phi) is 6.31. The number of nitrogens with zero attached hydrogens (tertiary/aromatic N) is 1. The molecule has 2 heterocycles. The molecule has 0 fully saturated rings. The summed E-state index contributed by atoms with van der Waals surface area (Å²) in [5.74, 6) is -0.377. The molecule has 0 aliphatic carbocycles. The minimum atomic E-state index is -0.437. The molecule has 7 heteroatoms. The first-order valence-electron chi connectivity index (χ1n) is 7.79. The fourth-order valence-electron chi connectivity index (χ4n) is 2.02. The molecule has 0 unspecified atom stereocenters. The summed E-state index contributed by atoms with van der Waals surface area (Å²) in [6.07, 6.45) is 2.29. The maximum atomic E-state index is 12.5. The number of pyridine rings is 1. The van der Waals surface area contributed by atoms with Gasteiger partial charge in [-0.05, 0) is 32.4 Å². The van der Waals surface area contributed by atoms with E-state index in [1.165, 1.54) is 17.5 Å². The van der Waals surface area contributed by atoms with Crippen molar-refractivity contribution >= 4 is 28.2 Å². The van der Waals surface area contributed by atoms with Crippen LogP contribution in [0.15, 0.2) is 24.4 Å². The van der Waals surface area contributed by atoms with E-state index in [4.69, 9.17) is 9.47 Å². The van der Waals surface area contributed by atoms with Crippen molar-refractivity contribution in [2.24, 2.45) is 0 Å². The molecule has 2 aromatic heterocycles. The van der Waals surface area contributed by atoms with Gasteiger partial charge in [0.1, 0.15) is 5.00 Å². The van der Waals surface area contributed by atoms with Gasteiger partial charge in [-0.2, -0.15) is 0 Å². The molecule has 0 aliphatic rings. The van der Waals surface area contributed by atoms with E-state index in [0.29, 0.717) is 28.6 Å². The smallest absolute Gasteiger partial charge is 0.341 e. The molecule has 1 amide bonds. The molecule has 2 aromatic rings. The number of thiophene rings is 1. The quantitative estimate of drug-likeness (QED) is 0.775. The highest BCUT2D eigenvalue weighted by Crippen LogP contribution is 2.30. The molecule has 6 nitrogen and oxygen atoms in total. The monoisotopic (exact) mass is 348 g/mol. The molecule has 0 saturated heterocycles. The second kappa shape index (κ2) is 8.44.